The molecule has 7 nitrogen and oxygen atoms in total. The van der Waals surface area contributed by atoms with Gasteiger partial charge in [-0.2, -0.15) is 0 Å². The van der Waals surface area contributed by atoms with Crippen LogP contribution in [0.2, 0.25) is 0 Å². The molecule has 21 heavy (non-hydrogen) atoms. The van der Waals surface area contributed by atoms with Crippen LogP contribution in [0.5, 0.6) is 5.75 Å². The Kier molecular flexibility index (Phi) is 6.06. The maximum Gasteiger partial charge on any atom is 0.379 e. The fraction of sp³-hybridized carbons (Fsp3) is 0.286. The van der Waals surface area contributed by atoms with Gasteiger partial charge in [0.2, 0.25) is 0 Å². The summed E-state index contributed by atoms with van der Waals surface area (Å²) in [7, 11) is 2.55. The number of para-hydroxylation sites is 1. The molecule has 0 unspecified atom stereocenters. The van der Waals surface area contributed by atoms with Crippen LogP contribution in [0.15, 0.2) is 34.6 Å². The van der Waals surface area contributed by atoms with Crippen molar-refractivity contribution in [3.63, 3.8) is 0 Å². The molecule has 0 amide bonds. The van der Waals surface area contributed by atoms with Crippen LogP contribution in [0.3, 0.4) is 0 Å². The molecule has 1 rings (SSSR count). The molecule has 112 valence electrons. The van der Waals surface area contributed by atoms with Gasteiger partial charge in [0.15, 0.2) is 5.75 Å². The Hall–Kier alpha value is -2.70. The van der Waals surface area contributed by atoms with Crippen molar-refractivity contribution in [1.82, 2.24) is 0 Å². The molecule has 0 saturated carbocycles. The lowest BCUT2D eigenvalue weighted by Crippen LogP contribution is -2.16. The van der Waals surface area contributed by atoms with Crippen molar-refractivity contribution in [3.8, 4) is 5.75 Å². The zero-order chi connectivity index (χ0) is 15.8. The van der Waals surface area contributed by atoms with E-state index in [2.05, 4.69) is 19.9 Å². The maximum absolute atomic E-state index is 11.8. The molecule has 0 aliphatic carbocycles. The van der Waals surface area contributed by atoms with E-state index < -0.39 is 11.8 Å². The highest BCUT2D eigenvalue weighted by atomic mass is 16.6. The van der Waals surface area contributed by atoms with E-state index >= 15 is 0 Å². The molecule has 0 N–H and O–H groups in total. The second-order valence-electron chi connectivity index (χ2n) is 3.94. The number of hydrogen-bond acceptors (Lipinski definition) is 7. The number of esters is 1. The first-order chi connectivity index (χ1) is 10.0. The Labute approximate surface area is 122 Å². The summed E-state index contributed by atoms with van der Waals surface area (Å²) >= 11 is 0. The van der Waals surface area contributed by atoms with Gasteiger partial charge in [0, 0.05) is 0 Å². The van der Waals surface area contributed by atoms with Gasteiger partial charge in [-0.05, 0) is 26.0 Å². The molecule has 0 radical (unpaired) electrons. The third-order valence-corrected chi connectivity index (χ3v) is 2.54. The van der Waals surface area contributed by atoms with Crippen molar-refractivity contribution in [2.24, 2.45) is 10.3 Å². The molecule has 0 aromatic heterocycles. The lowest BCUT2D eigenvalue weighted by atomic mass is 10.1. The van der Waals surface area contributed by atoms with E-state index in [4.69, 9.17) is 4.84 Å². The minimum absolute atomic E-state index is 0.0715. The summed E-state index contributed by atoms with van der Waals surface area (Å²) in [4.78, 5) is 33.0. The number of hydrogen-bond donors (Lipinski definition) is 0. The number of benzene rings is 1. The topological polar surface area (TPSA) is 86.6 Å². The first-order valence-corrected chi connectivity index (χ1v) is 6.02. The second kappa shape index (κ2) is 7.78. The molecule has 0 aliphatic rings. The molecule has 1 aromatic rings. The molecule has 0 fully saturated rings. The maximum atomic E-state index is 11.8. The van der Waals surface area contributed by atoms with E-state index in [9.17, 15) is 9.59 Å². The number of Topliss-reactive ketones (excluding diaryl/α,β-unsaturated/α-hetero) is 1. The van der Waals surface area contributed by atoms with Crippen LogP contribution in [0.25, 0.3) is 0 Å². The Bertz CT molecular complexity index is 593. The van der Waals surface area contributed by atoms with E-state index in [1.165, 1.54) is 19.2 Å². The number of rotatable bonds is 6. The minimum Gasteiger partial charge on any atom is -0.463 e. The minimum atomic E-state index is -0.969. The van der Waals surface area contributed by atoms with Crippen LogP contribution < -0.4 is 4.84 Å². The highest BCUT2D eigenvalue weighted by Crippen LogP contribution is 2.19. The molecular weight excluding hydrogens is 276 g/mol. The molecule has 0 saturated heterocycles. The second-order valence-corrected chi connectivity index (χ2v) is 3.94. The number of ether oxygens (including phenoxy) is 1. The Balaban J connectivity index is 3.00. The van der Waals surface area contributed by atoms with Crippen LogP contribution in [-0.4, -0.2) is 37.4 Å². The molecule has 7 heteroatoms. The first kappa shape index (κ1) is 16.4. The molecule has 0 aliphatic heterocycles. The van der Waals surface area contributed by atoms with Gasteiger partial charge in [-0.1, -0.05) is 22.4 Å². The number of carbonyl (C=O) groups is 2. The number of nitrogens with zero attached hydrogens (tertiary/aromatic N) is 2. The van der Waals surface area contributed by atoms with E-state index in [-0.39, 0.29) is 11.3 Å². The van der Waals surface area contributed by atoms with E-state index in [1.54, 1.807) is 26.0 Å². The normalized spacial score (nSPS) is 11.8. The van der Waals surface area contributed by atoms with Gasteiger partial charge >= 0.3 is 5.97 Å². The monoisotopic (exact) mass is 292 g/mol. The summed E-state index contributed by atoms with van der Waals surface area (Å²) < 4.78 is 4.40. The zero-order valence-electron chi connectivity index (χ0n) is 12.2. The number of methoxy groups -OCH3 is 1. The van der Waals surface area contributed by atoms with E-state index in [0.717, 1.165) is 7.11 Å². The largest absolute Gasteiger partial charge is 0.463 e. The van der Waals surface area contributed by atoms with Crippen molar-refractivity contribution >= 4 is 23.2 Å². The first-order valence-electron chi connectivity index (χ1n) is 6.02. The van der Waals surface area contributed by atoms with Gasteiger partial charge in [-0.25, -0.2) is 4.79 Å². The van der Waals surface area contributed by atoms with Crippen molar-refractivity contribution in [2.45, 2.75) is 13.8 Å². The van der Waals surface area contributed by atoms with Crippen molar-refractivity contribution in [2.75, 3.05) is 14.2 Å². The van der Waals surface area contributed by atoms with Gasteiger partial charge in [0.1, 0.15) is 18.5 Å². The van der Waals surface area contributed by atoms with Crippen LogP contribution in [0.4, 0.5) is 0 Å². The standard InChI is InChI=1S/C14H16N2O5/c1-9(15-20-4)10(2)16-21-12-8-6-5-7-11(12)13(17)14(18)19-3/h5-8H,1-4H3. The highest BCUT2D eigenvalue weighted by Gasteiger charge is 2.21. The summed E-state index contributed by atoms with van der Waals surface area (Å²) in [6.45, 7) is 3.36. The van der Waals surface area contributed by atoms with Crippen molar-refractivity contribution < 1.29 is 24.0 Å². The fourth-order valence-electron chi connectivity index (χ4n) is 1.32. The summed E-state index contributed by atoms with van der Waals surface area (Å²) in [6, 6.07) is 6.24. The van der Waals surface area contributed by atoms with Crippen molar-refractivity contribution in [1.29, 1.82) is 0 Å². The van der Waals surface area contributed by atoms with Gasteiger partial charge in [-0.15, -0.1) is 0 Å². The lowest BCUT2D eigenvalue weighted by molar-refractivity contribution is -0.135. The Morgan fingerprint density at radius 3 is 2.24 bits per heavy atom. The smallest absolute Gasteiger partial charge is 0.379 e. The number of ketones is 1. The summed E-state index contributed by atoms with van der Waals surface area (Å²) in [6.07, 6.45) is 0. The third kappa shape index (κ3) is 4.41. The van der Waals surface area contributed by atoms with E-state index in [1.807, 2.05) is 0 Å². The van der Waals surface area contributed by atoms with Gasteiger partial charge < -0.3 is 14.4 Å². The summed E-state index contributed by atoms with van der Waals surface area (Å²) in [5, 5.41) is 7.54. The molecule has 0 heterocycles. The Morgan fingerprint density at radius 1 is 1.00 bits per heavy atom. The fourth-order valence-corrected chi connectivity index (χ4v) is 1.32. The number of carbonyl (C=O) groups excluding carboxylic acids is 2. The molecule has 1 aromatic carbocycles. The van der Waals surface area contributed by atoms with Crippen LogP contribution in [-0.2, 0) is 14.4 Å². The van der Waals surface area contributed by atoms with Crippen LogP contribution in [0, 0.1) is 0 Å². The zero-order valence-corrected chi connectivity index (χ0v) is 12.2. The quantitative estimate of drug-likeness (QED) is 0.262. The predicted molar refractivity (Wildman–Crippen MR) is 76.6 cm³/mol. The Morgan fingerprint density at radius 2 is 1.62 bits per heavy atom. The van der Waals surface area contributed by atoms with Gasteiger partial charge in [0.05, 0.1) is 12.7 Å². The van der Waals surface area contributed by atoms with Gasteiger partial charge in [-0.3, -0.25) is 4.79 Å². The molecular formula is C14H16N2O5. The lowest BCUT2D eigenvalue weighted by Gasteiger charge is -2.06. The number of oxime groups is 2. The average Bonchev–Trinajstić information content (AvgIpc) is 2.51. The highest BCUT2D eigenvalue weighted by molar-refractivity contribution is 6.41. The van der Waals surface area contributed by atoms with Crippen molar-refractivity contribution in [3.05, 3.63) is 29.8 Å². The molecule has 0 atom stereocenters. The summed E-state index contributed by atoms with van der Waals surface area (Å²) in [5.41, 5.74) is 1.06. The third-order valence-electron chi connectivity index (χ3n) is 2.54. The van der Waals surface area contributed by atoms with Crippen LogP contribution in [0.1, 0.15) is 24.2 Å². The van der Waals surface area contributed by atoms with E-state index in [0.29, 0.717) is 11.4 Å². The average molecular weight is 292 g/mol. The summed E-state index contributed by atoms with van der Waals surface area (Å²) in [5.74, 6) is -1.62. The SMILES string of the molecule is CON=C(C)C(C)=NOc1ccccc1C(=O)C(=O)OC. The van der Waals surface area contributed by atoms with Gasteiger partial charge in [0.25, 0.3) is 5.78 Å². The predicted octanol–water partition coefficient (Wildman–Crippen LogP) is 1.82. The molecule has 0 spiro atoms. The van der Waals surface area contributed by atoms with Crippen LogP contribution >= 0.6 is 0 Å². The molecule has 0 bridgehead atoms.